The lowest BCUT2D eigenvalue weighted by Gasteiger charge is -2.27. The second-order valence-electron chi connectivity index (χ2n) is 4.83. The summed E-state index contributed by atoms with van der Waals surface area (Å²) < 4.78 is 11.5. The van der Waals surface area contributed by atoms with Crippen LogP contribution in [0.4, 0.5) is 0 Å². The molecule has 2 rings (SSSR count). The molecule has 1 aliphatic rings. The van der Waals surface area contributed by atoms with Crippen LogP contribution in [0.2, 0.25) is 0 Å². The second kappa shape index (κ2) is 6.77. The third kappa shape index (κ3) is 4.49. The highest BCUT2D eigenvalue weighted by Gasteiger charge is 2.18. The van der Waals surface area contributed by atoms with Crippen molar-refractivity contribution < 1.29 is 9.47 Å². The molecule has 0 N–H and O–H groups in total. The summed E-state index contributed by atoms with van der Waals surface area (Å²) in [7, 11) is 0. The Morgan fingerprint density at radius 3 is 2.82 bits per heavy atom. The van der Waals surface area contributed by atoms with Crippen LogP contribution in [-0.4, -0.2) is 18.8 Å². The Labute approximate surface area is 104 Å². The summed E-state index contributed by atoms with van der Waals surface area (Å²) in [5.41, 5.74) is 1.24. The van der Waals surface area contributed by atoms with Crippen molar-refractivity contribution in [2.45, 2.75) is 51.4 Å². The smallest absolute Gasteiger partial charge is 0.0716 e. The summed E-state index contributed by atoms with van der Waals surface area (Å²) >= 11 is 0. The van der Waals surface area contributed by atoms with Crippen LogP contribution in [-0.2, 0) is 16.1 Å². The Morgan fingerprint density at radius 2 is 2.06 bits per heavy atom. The van der Waals surface area contributed by atoms with Crippen LogP contribution in [0.15, 0.2) is 30.3 Å². The molecule has 1 aromatic rings. The molecule has 17 heavy (non-hydrogen) atoms. The highest BCUT2D eigenvalue weighted by atomic mass is 16.5. The van der Waals surface area contributed by atoms with Gasteiger partial charge in [-0.3, -0.25) is 0 Å². The van der Waals surface area contributed by atoms with Crippen LogP contribution in [0.25, 0.3) is 0 Å². The highest BCUT2D eigenvalue weighted by Crippen LogP contribution is 2.20. The Hall–Kier alpha value is -0.860. The molecule has 0 aromatic heterocycles. The molecule has 0 amide bonds. The van der Waals surface area contributed by atoms with E-state index in [1.54, 1.807) is 0 Å². The van der Waals surface area contributed by atoms with Crippen molar-refractivity contribution in [2.24, 2.45) is 0 Å². The molecule has 94 valence electrons. The van der Waals surface area contributed by atoms with Gasteiger partial charge in [-0.1, -0.05) is 30.3 Å². The monoisotopic (exact) mass is 234 g/mol. The van der Waals surface area contributed by atoms with E-state index in [0.717, 1.165) is 13.0 Å². The summed E-state index contributed by atoms with van der Waals surface area (Å²) in [6.07, 6.45) is 5.57. The standard InChI is InChI=1S/C15H22O2/c1-13-6-5-9-15(17-13)10-11-16-12-14-7-3-2-4-8-14/h2-4,7-8,13,15H,5-6,9-12H2,1H3/t13-,15-/m1/s1. The third-order valence-electron chi connectivity index (χ3n) is 3.26. The molecule has 0 radical (unpaired) electrons. The van der Waals surface area contributed by atoms with Crippen molar-refractivity contribution in [1.82, 2.24) is 0 Å². The maximum absolute atomic E-state index is 5.86. The molecule has 0 bridgehead atoms. The van der Waals surface area contributed by atoms with E-state index in [1.165, 1.54) is 24.8 Å². The molecule has 0 unspecified atom stereocenters. The van der Waals surface area contributed by atoms with Gasteiger partial charge in [-0.2, -0.15) is 0 Å². The largest absolute Gasteiger partial charge is 0.377 e. The summed E-state index contributed by atoms with van der Waals surface area (Å²) in [6.45, 7) is 3.67. The zero-order chi connectivity index (χ0) is 11.9. The van der Waals surface area contributed by atoms with Gasteiger partial charge in [-0.25, -0.2) is 0 Å². The molecule has 2 heteroatoms. The molecule has 2 atom stereocenters. The Bertz CT molecular complexity index is 310. The highest BCUT2D eigenvalue weighted by molar-refractivity contribution is 5.13. The van der Waals surface area contributed by atoms with Crippen molar-refractivity contribution >= 4 is 0 Å². The summed E-state index contributed by atoms with van der Waals surface area (Å²) in [4.78, 5) is 0. The van der Waals surface area contributed by atoms with Gasteiger partial charge in [0.05, 0.1) is 18.8 Å². The van der Waals surface area contributed by atoms with E-state index in [4.69, 9.17) is 9.47 Å². The van der Waals surface area contributed by atoms with Gasteiger partial charge in [0.15, 0.2) is 0 Å². The van der Waals surface area contributed by atoms with E-state index in [9.17, 15) is 0 Å². The van der Waals surface area contributed by atoms with Crippen LogP contribution >= 0.6 is 0 Å². The van der Waals surface area contributed by atoms with Gasteiger partial charge in [-0.05, 0) is 38.2 Å². The fourth-order valence-corrected chi connectivity index (χ4v) is 2.29. The molecule has 1 heterocycles. The minimum atomic E-state index is 0.412. The van der Waals surface area contributed by atoms with E-state index in [0.29, 0.717) is 18.8 Å². The van der Waals surface area contributed by atoms with E-state index < -0.39 is 0 Å². The molecule has 0 spiro atoms. The first-order valence-corrected chi connectivity index (χ1v) is 6.62. The number of ether oxygens (including phenoxy) is 2. The Morgan fingerprint density at radius 1 is 1.24 bits per heavy atom. The molecular weight excluding hydrogens is 212 g/mol. The number of benzene rings is 1. The number of rotatable bonds is 5. The fourth-order valence-electron chi connectivity index (χ4n) is 2.29. The third-order valence-corrected chi connectivity index (χ3v) is 3.26. The van der Waals surface area contributed by atoms with Gasteiger partial charge in [0.1, 0.15) is 0 Å². The van der Waals surface area contributed by atoms with Crippen LogP contribution in [0.1, 0.15) is 38.2 Å². The fraction of sp³-hybridized carbons (Fsp3) is 0.600. The maximum Gasteiger partial charge on any atom is 0.0716 e. The normalized spacial score (nSPS) is 24.8. The van der Waals surface area contributed by atoms with E-state index in [1.807, 2.05) is 18.2 Å². The van der Waals surface area contributed by atoms with Crippen molar-refractivity contribution in [1.29, 1.82) is 0 Å². The summed E-state index contributed by atoms with van der Waals surface area (Å²) in [5.74, 6) is 0. The molecule has 1 aliphatic heterocycles. The average Bonchev–Trinajstić information content (AvgIpc) is 2.36. The minimum Gasteiger partial charge on any atom is -0.377 e. The van der Waals surface area contributed by atoms with Crippen LogP contribution in [0, 0.1) is 0 Å². The van der Waals surface area contributed by atoms with Crippen LogP contribution < -0.4 is 0 Å². The van der Waals surface area contributed by atoms with Crippen molar-refractivity contribution in [3.63, 3.8) is 0 Å². The predicted octanol–water partition coefficient (Wildman–Crippen LogP) is 3.55. The first-order valence-electron chi connectivity index (χ1n) is 6.62. The van der Waals surface area contributed by atoms with E-state index >= 15 is 0 Å². The van der Waals surface area contributed by atoms with Gasteiger partial charge in [0, 0.05) is 6.61 Å². The zero-order valence-electron chi connectivity index (χ0n) is 10.6. The lowest BCUT2D eigenvalue weighted by atomic mass is 10.0. The molecule has 1 aromatic carbocycles. The first kappa shape index (κ1) is 12.6. The summed E-state index contributed by atoms with van der Waals surface area (Å²) in [6, 6.07) is 10.3. The molecule has 1 saturated heterocycles. The topological polar surface area (TPSA) is 18.5 Å². The van der Waals surface area contributed by atoms with Crippen molar-refractivity contribution in [3.8, 4) is 0 Å². The van der Waals surface area contributed by atoms with Gasteiger partial charge in [0.2, 0.25) is 0 Å². The SMILES string of the molecule is C[C@@H]1CCC[C@H](CCOCc2ccccc2)O1. The predicted molar refractivity (Wildman–Crippen MR) is 68.9 cm³/mol. The number of hydrogen-bond donors (Lipinski definition) is 0. The van der Waals surface area contributed by atoms with Gasteiger partial charge in [0.25, 0.3) is 0 Å². The van der Waals surface area contributed by atoms with Gasteiger partial charge < -0.3 is 9.47 Å². The summed E-state index contributed by atoms with van der Waals surface area (Å²) in [5, 5.41) is 0. The Kier molecular flexibility index (Phi) is 5.02. The van der Waals surface area contributed by atoms with Gasteiger partial charge >= 0.3 is 0 Å². The molecule has 2 nitrogen and oxygen atoms in total. The minimum absolute atomic E-state index is 0.412. The van der Waals surface area contributed by atoms with Crippen molar-refractivity contribution in [3.05, 3.63) is 35.9 Å². The second-order valence-corrected chi connectivity index (χ2v) is 4.83. The zero-order valence-corrected chi connectivity index (χ0v) is 10.6. The Balaban J connectivity index is 1.60. The molecular formula is C15H22O2. The first-order chi connectivity index (χ1) is 8.34. The lowest BCUT2D eigenvalue weighted by molar-refractivity contribution is -0.0551. The van der Waals surface area contributed by atoms with Crippen LogP contribution in [0.3, 0.4) is 0 Å². The molecule has 1 fully saturated rings. The van der Waals surface area contributed by atoms with E-state index in [-0.39, 0.29) is 0 Å². The maximum atomic E-state index is 5.86. The van der Waals surface area contributed by atoms with E-state index in [2.05, 4.69) is 19.1 Å². The van der Waals surface area contributed by atoms with Gasteiger partial charge in [-0.15, -0.1) is 0 Å². The molecule has 0 aliphatic carbocycles. The average molecular weight is 234 g/mol. The number of hydrogen-bond acceptors (Lipinski definition) is 2. The van der Waals surface area contributed by atoms with Crippen molar-refractivity contribution in [2.75, 3.05) is 6.61 Å². The lowest BCUT2D eigenvalue weighted by Crippen LogP contribution is -2.26. The quantitative estimate of drug-likeness (QED) is 0.725. The van der Waals surface area contributed by atoms with Crippen LogP contribution in [0.5, 0.6) is 0 Å². The molecule has 0 saturated carbocycles.